The van der Waals surface area contributed by atoms with E-state index in [1.807, 2.05) is 20.9 Å². The second kappa shape index (κ2) is 4.09. The maximum absolute atomic E-state index is 11.3. The van der Waals surface area contributed by atoms with Crippen molar-refractivity contribution in [3.8, 4) is 0 Å². The molecule has 1 aliphatic rings. The Hall–Kier alpha value is -0.570. The van der Waals surface area contributed by atoms with E-state index in [0.29, 0.717) is 5.41 Å². The molecule has 0 bridgehead atoms. The maximum atomic E-state index is 11.3. The first-order valence-electron chi connectivity index (χ1n) is 5.02. The third-order valence-electron chi connectivity index (χ3n) is 2.67. The van der Waals surface area contributed by atoms with Crippen molar-refractivity contribution in [2.45, 2.75) is 26.7 Å². The van der Waals surface area contributed by atoms with Gasteiger partial charge in [-0.3, -0.25) is 4.79 Å². The van der Waals surface area contributed by atoms with Crippen LogP contribution in [-0.2, 0) is 4.79 Å². The average molecular weight is 184 g/mol. The van der Waals surface area contributed by atoms with Crippen LogP contribution in [0, 0.1) is 11.3 Å². The first kappa shape index (κ1) is 10.5. The molecule has 2 N–H and O–H groups in total. The monoisotopic (exact) mass is 184 g/mol. The van der Waals surface area contributed by atoms with Gasteiger partial charge < -0.3 is 10.6 Å². The molecule has 0 radical (unpaired) electrons. The Kier molecular flexibility index (Phi) is 3.31. The minimum atomic E-state index is 0.102. The van der Waals surface area contributed by atoms with Gasteiger partial charge in [-0.05, 0) is 19.9 Å². The summed E-state index contributed by atoms with van der Waals surface area (Å²) in [6.07, 6.45) is 2.48. The average Bonchev–Trinajstić information content (AvgIpc) is 2.82. The van der Waals surface area contributed by atoms with E-state index in [2.05, 4.69) is 10.6 Å². The fourth-order valence-electron chi connectivity index (χ4n) is 1.45. The van der Waals surface area contributed by atoms with Crippen LogP contribution < -0.4 is 10.6 Å². The van der Waals surface area contributed by atoms with Crippen molar-refractivity contribution < 1.29 is 4.79 Å². The number of carbonyl (C=O) groups is 1. The lowest BCUT2D eigenvalue weighted by atomic mass is 10.1. The molecular formula is C10H20N2O. The number of carbonyl (C=O) groups excluding carboxylic acids is 1. The van der Waals surface area contributed by atoms with Gasteiger partial charge in [0.1, 0.15) is 0 Å². The van der Waals surface area contributed by atoms with E-state index < -0.39 is 0 Å². The molecule has 1 saturated carbocycles. The Morgan fingerprint density at radius 1 is 1.38 bits per heavy atom. The molecule has 0 saturated heterocycles. The fourth-order valence-corrected chi connectivity index (χ4v) is 1.45. The van der Waals surface area contributed by atoms with Gasteiger partial charge in [0.05, 0.1) is 0 Å². The summed E-state index contributed by atoms with van der Waals surface area (Å²) >= 11 is 0. The third kappa shape index (κ3) is 2.99. The van der Waals surface area contributed by atoms with Crippen molar-refractivity contribution in [3.05, 3.63) is 0 Å². The molecule has 0 aromatic carbocycles. The van der Waals surface area contributed by atoms with Crippen LogP contribution in [0.2, 0.25) is 0 Å². The Balaban J connectivity index is 2.22. The highest BCUT2D eigenvalue weighted by molar-refractivity contribution is 5.77. The summed E-state index contributed by atoms with van der Waals surface area (Å²) in [5.41, 5.74) is 0.374. The molecule has 0 atom stereocenters. The van der Waals surface area contributed by atoms with Gasteiger partial charge in [-0.1, -0.05) is 13.8 Å². The van der Waals surface area contributed by atoms with E-state index in [-0.39, 0.29) is 11.8 Å². The van der Waals surface area contributed by atoms with Gasteiger partial charge in [-0.15, -0.1) is 0 Å². The van der Waals surface area contributed by atoms with E-state index >= 15 is 0 Å². The molecular weight excluding hydrogens is 164 g/mol. The fraction of sp³-hybridized carbons (Fsp3) is 0.900. The van der Waals surface area contributed by atoms with Gasteiger partial charge in [0.25, 0.3) is 0 Å². The molecule has 0 heterocycles. The summed E-state index contributed by atoms with van der Waals surface area (Å²) in [5, 5.41) is 6.16. The Bertz CT molecular complexity index is 185. The highest BCUT2D eigenvalue weighted by atomic mass is 16.1. The summed E-state index contributed by atoms with van der Waals surface area (Å²) in [5.74, 6) is 0.271. The van der Waals surface area contributed by atoms with Crippen LogP contribution in [0.1, 0.15) is 26.7 Å². The number of amides is 1. The van der Waals surface area contributed by atoms with Crippen LogP contribution in [0.15, 0.2) is 0 Å². The number of rotatable bonds is 5. The molecule has 1 aliphatic carbocycles. The van der Waals surface area contributed by atoms with Gasteiger partial charge >= 0.3 is 0 Å². The predicted octanol–water partition coefficient (Wildman–Crippen LogP) is 0.758. The third-order valence-corrected chi connectivity index (χ3v) is 2.67. The van der Waals surface area contributed by atoms with Crippen LogP contribution in [0.3, 0.4) is 0 Å². The SMILES string of the molecule is CNCC1(CNC(=O)C(C)C)CC1. The van der Waals surface area contributed by atoms with Crippen molar-refractivity contribution in [3.63, 3.8) is 0 Å². The van der Waals surface area contributed by atoms with Gasteiger partial charge in [0.2, 0.25) is 5.91 Å². The zero-order valence-corrected chi connectivity index (χ0v) is 8.81. The van der Waals surface area contributed by atoms with Crippen molar-refractivity contribution in [2.24, 2.45) is 11.3 Å². The molecule has 0 aromatic heterocycles. The largest absolute Gasteiger partial charge is 0.355 e. The second-order valence-corrected chi connectivity index (χ2v) is 4.40. The van der Waals surface area contributed by atoms with Crippen LogP contribution in [-0.4, -0.2) is 26.0 Å². The molecule has 3 heteroatoms. The van der Waals surface area contributed by atoms with E-state index in [4.69, 9.17) is 0 Å². The standard InChI is InChI=1S/C10H20N2O/c1-8(2)9(13)12-7-10(4-5-10)6-11-3/h8,11H,4-7H2,1-3H3,(H,12,13). The van der Waals surface area contributed by atoms with Crippen molar-refractivity contribution >= 4 is 5.91 Å². The quantitative estimate of drug-likeness (QED) is 0.662. The first-order chi connectivity index (χ1) is 6.09. The highest BCUT2D eigenvalue weighted by Gasteiger charge is 2.41. The van der Waals surface area contributed by atoms with Gasteiger partial charge in [-0.25, -0.2) is 0 Å². The highest BCUT2D eigenvalue weighted by Crippen LogP contribution is 2.44. The number of hydrogen-bond donors (Lipinski definition) is 2. The minimum Gasteiger partial charge on any atom is -0.355 e. The lowest BCUT2D eigenvalue weighted by Crippen LogP contribution is -2.36. The summed E-state index contributed by atoms with van der Waals surface area (Å²) in [6.45, 7) is 5.70. The van der Waals surface area contributed by atoms with Crippen molar-refractivity contribution in [2.75, 3.05) is 20.1 Å². The molecule has 1 amide bonds. The molecule has 0 aliphatic heterocycles. The summed E-state index contributed by atoms with van der Waals surface area (Å²) in [4.78, 5) is 11.3. The second-order valence-electron chi connectivity index (χ2n) is 4.40. The van der Waals surface area contributed by atoms with Gasteiger partial charge in [0.15, 0.2) is 0 Å². The van der Waals surface area contributed by atoms with Crippen molar-refractivity contribution in [1.29, 1.82) is 0 Å². The molecule has 76 valence electrons. The molecule has 3 nitrogen and oxygen atoms in total. The summed E-state index contributed by atoms with van der Waals surface area (Å²) in [6, 6.07) is 0. The summed E-state index contributed by atoms with van der Waals surface area (Å²) in [7, 11) is 1.96. The van der Waals surface area contributed by atoms with E-state index in [1.54, 1.807) is 0 Å². The molecule has 13 heavy (non-hydrogen) atoms. The Morgan fingerprint density at radius 2 is 2.00 bits per heavy atom. The lowest BCUT2D eigenvalue weighted by molar-refractivity contribution is -0.124. The van der Waals surface area contributed by atoms with Gasteiger partial charge in [0, 0.05) is 24.4 Å². The molecule has 0 aromatic rings. The van der Waals surface area contributed by atoms with E-state index in [9.17, 15) is 4.79 Å². The Labute approximate surface area is 80.3 Å². The van der Waals surface area contributed by atoms with E-state index in [0.717, 1.165) is 13.1 Å². The zero-order chi connectivity index (χ0) is 9.90. The predicted molar refractivity (Wildman–Crippen MR) is 53.4 cm³/mol. The topological polar surface area (TPSA) is 41.1 Å². The van der Waals surface area contributed by atoms with Gasteiger partial charge in [-0.2, -0.15) is 0 Å². The van der Waals surface area contributed by atoms with E-state index in [1.165, 1.54) is 12.8 Å². The Morgan fingerprint density at radius 3 is 2.38 bits per heavy atom. The van der Waals surface area contributed by atoms with Crippen LogP contribution in [0.25, 0.3) is 0 Å². The normalized spacial score (nSPS) is 18.8. The molecule has 0 spiro atoms. The first-order valence-corrected chi connectivity index (χ1v) is 5.02. The maximum Gasteiger partial charge on any atom is 0.222 e. The lowest BCUT2D eigenvalue weighted by Gasteiger charge is -2.16. The molecule has 0 unspecified atom stereocenters. The number of hydrogen-bond acceptors (Lipinski definition) is 2. The van der Waals surface area contributed by atoms with Crippen LogP contribution >= 0.6 is 0 Å². The van der Waals surface area contributed by atoms with Crippen LogP contribution in [0.5, 0.6) is 0 Å². The van der Waals surface area contributed by atoms with Crippen LogP contribution in [0.4, 0.5) is 0 Å². The molecule has 1 fully saturated rings. The van der Waals surface area contributed by atoms with Crippen molar-refractivity contribution in [1.82, 2.24) is 10.6 Å². The smallest absolute Gasteiger partial charge is 0.222 e. The summed E-state index contributed by atoms with van der Waals surface area (Å²) < 4.78 is 0. The molecule has 1 rings (SSSR count). The number of nitrogens with one attached hydrogen (secondary N) is 2. The zero-order valence-electron chi connectivity index (χ0n) is 8.81. The minimum absolute atomic E-state index is 0.102.